The first-order valence-electron chi connectivity index (χ1n) is 7.45. The molecule has 0 N–H and O–H groups in total. The number of hydrogen-bond acceptors (Lipinski definition) is 4. The summed E-state index contributed by atoms with van der Waals surface area (Å²) in [5, 5.41) is 0.737. The number of piperidine rings is 1. The molecule has 0 aliphatic carbocycles. The molecule has 1 aromatic carbocycles. The monoisotopic (exact) mass is 309 g/mol. The molecule has 1 saturated heterocycles. The van der Waals surface area contributed by atoms with Crippen molar-refractivity contribution in [3.63, 3.8) is 0 Å². The Morgan fingerprint density at radius 3 is 3.14 bits per heavy atom. The third-order valence-corrected chi connectivity index (χ3v) is 4.50. The molecule has 1 aromatic rings. The number of fused-ring (bicyclic) bond motifs is 1. The fourth-order valence-corrected chi connectivity index (χ4v) is 3.53. The van der Waals surface area contributed by atoms with Crippen LogP contribution in [0.1, 0.15) is 30.4 Å². The van der Waals surface area contributed by atoms with Gasteiger partial charge in [0.05, 0.1) is 13.7 Å². The predicted octanol–water partition coefficient (Wildman–Crippen LogP) is 2.80. The van der Waals surface area contributed by atoms with Gasteiger partial charge in [0.2, 0.25) is 0 Å². The third-order valence-electron chi connectivity index (χ3n) is 4.29. The summed E-state index contributed by atoms with van der Waals surface area (Å²) in [6.45, 7) is 2.30. The average Bonchev–Trinajstić information content (AvgIpc) is 2.95. The summed E-state index contributed by atoms with van der Waals surface area (Å²) in [7, 11) is 1.45. The van der Waals surface area contributed by atoms with Crippen LogP contribution in [0.15, 0.2) is 12.1 Å². The van der Waals surface area contributed by atoms with Gasteiger partial charge in [0.25, 0.3) is 0 Å². The molecule has 0 amide bonds. The van der Waals surface area contributed by atoms with Crippen LogP contribution >= 0.6 is 11.6 Å². The first kappa shape index (κ1) is 14.7. The second kappa shape index (κ2) is 6.24. The Labute approximate surface area is 130 Å². The molecule has 0 bridgehead atoms. The molecule has 0 saturated carbocycles. The van der Waals surface area contributed by atoms with Gasteiger partial charge in [0, 0.05) is 23.6 Å². The summed E-state index contributed by atoms with van der Waals surface area (Å²) >= 11 is 6.21. The van der Waals surface area contributed by atoms with Crippen molar-refractivity contribution >= 4 is 17.6 Å². The fraction of sp³-hybridized carbons (Fsp3) is 0.562. The summed E-state index contributed by atoms with van der Waals surface area (Å²) in [6.07, 6.45) is 3.94. The summed E-state index contributed by atoms with van der Waals surface area (Å²) in [6, 6.07) is 3.77. The van der Waals surface area contributed by atoms with Crippen molar-refractivity contribution in [2.75, 3.05) is 20.3 Å². The van der Waals surface area contributed by atoms with Crippen LogP contribution in [0, 0.1) is 0 Å². The van der Waals surface area contributed by atoms with Crippen LogP contribution in [0.4, 0.5) is 0 Å². The fourth-order valence-electron chi connectivity index (χ4n) is 3.27. The summed E-state index contributed by atoms with van der Waals surface area (Å²) in [5.74, 6) is 0.808. The predicted molar refractivity (Wildman–Crippen MR) is 80.7 cm³/mol. The molecule has 2 aliphatic rings. The molecular formula is C16H20ClNO3. The van der Waals surface area contributed by atoms with E-state index in [1.54, 1.807) is 0 Å². The number of ether oxygens (including phenoxy) is 2. The molecule has 2 heterocycles. The third kappa shape index (κ3) is 3.01. The number of halogens is 1. The maximum Gasteiger partial charge on any atom is 0.323 e. The minimum absolute atomic E-state index is 0.144. The minimum Gasteiger partial charge on any atom is -0.493 e. The molecule has 114 valence electrons. The maximum absolute atomic E-state index is 11.9. The highest BCUT2D eigenvalue weighted by atomic mass is 35.5. The number of carbonyl (C=O) groups is 1. The topological polar surface area (TPSA) is 38.8 Å². The van der Waals surface area contributed by atoms with Crippen LogP contribution in [0.25, 0.3) is 0 Å². The molecule has 0 radical (unpaired) electrons. The summed E-state index contributed by atoms with van der Waals surface area (Å²) < 4.78 is 10.7. The maximum atomic E-state index is 11.9. The second-order valence-electron chi connectivity index (χ2n) is 5.66. The normalized spacial score (nSPS) is 21.7. The summed E-state index contributed by atoms with van der Waals surface area (Å²) in [5.41, 5.74) is 2.25. The van der Waals surface area contributed by atoms with Gasteiger partial charge in [-0.1, -0.05) is 18.0 Å². The van der Waals surface area contributed by atoms with E-state index in [0.29, 0.717) is 13.2 Å². The molecule has 2 aliphatic heterocycles. The van der Waals surface area contributed by atoms with Gasteiger partial charge in [-0.05, 0) is 37.1 Å². The number of methoxy groups -OCH3 is 1. The smallest absolute Gasteiger partial charge is 0.323 e. The van der Waals surface area contributed by atoms with Crippen LogP contribution in [0.2, 0.25) is 5.02 Å². The zero-order chi connectivity index (χ0) is 14.8. The Morgan fingerprint density at radius 2 is 2.33 bits per heavy atom. The van der Waals surface area contributed by atoms with E-state index in [4.69, 9.17) is 21.1 Å². The molecule has 0 spiro atoms. The van der Waals surface area contributed by atoms with Crippen molar-refractivity contribution in [1.82, 2.24) is 4.90 Å². The highest BCUT2D eigenvalue weighted by molar-refractivity contribution is 6.30. The van der Waals surface area contributed by atoms with E-state index in [2.05, 4.69) is 4.90 Å². The van der Waals surface area contributed by atoms with Crippen molar-refractivity contribution in [1.29, 1.82) is 0 Å². The van der Waals surface area contributed by atoms with Gasteiger partial charge in [-0.3, -0.25) is 9.69 Å². The first-order chi connectivity index (χ1) is 10.2. The highest BCUT2D eigenvalue weighted by Crippen LogP contribution is 2.34. The first-order valence-corrected chi connectivity index (χ1v) is 7.83. The lowest BCUT2D eigenvalue weighted by atomic mass is 10.00. The van der Waals surface area contributed by atoms with Gasteiger partial charge in [0.15, 0.2) is 0 Å². The molecule has 21 heavy (non-hydrogen) atoms. The number of nitrogens with zero attached hydrogens (tertiary/aromatic N) is 1. The van der Waals surface area contributed by atoms with Crippen molar-refractivity contribution in [3.05, 3.63) is 28.3 Å². The van der Waals surface area contributed by atoms with Crippen LogP contribution in [-0.4, -0.2) is 37.2 Å². The van der Waals surface area contributed by atoms with Crippen LogP contribution < -0.4 is 4.74 Å². The Kier molecular flexibility index (Phi) is 4.36. The van der Waals surface area contributed by atoms with Crippen molar-refractivity contribution < 1.29 is 14.3 Å². The number of esters is 1. The van der Waals surface area contributed by atoms with Gasteiger partial charge in [-0.25, -0.2) is 0 Å². The van der Waals surface area contributed by atoms with E-state index in [-0.39, 0.29) is 12.0 Å². The van der Waals surface area contributed by atoms with Gasteiger partial charge in [-0.2, -0.15) is 0 Å². The standard InChI is InChI=1S/C16H20ClNO3/c1-20-16(19)14-4-2-3-6-18(14)10-12-9-13(17)8-11-5-7-21-15(11)12/h8-9,14H,2-7,10H2,1H3. The number of benzene rings is 1. The zero-order valence-electron chi connectivity index (χ0n) is 12.2. The van der Waals surface area contributed by atoms with E-state index in [1.807, 2.05) is 12.1 Å². The summed E-state index contributed by atoms with van der Waals surface area (Å²) in [4.78, 5) is 14.1. The van der Waals surface area contributed by atoms with Crippen molar-refractivity contribution in [3.8, 4) is 5.75 Å². The molecule has 0 aromatic heterocycles. The van der Waals surface area contributed by atoms with Crippen molar-refractivity contribution in [2.24, 2.45) is 0 Å². The lowest BCUT2D eigenvalue weighted by Gasteiger charge is -2.34. The van der Waals surface area contributed by atoms with Crippen LogP contribution in [0.5, 0.6) is 5.75 Å². The second-order valence-corrected chi connectivity index (χ2v) is 6.09. The van der Waals surface area contributed by atoms with Gasteiger partial charge < -0.3 is 9.47 Å². The van der Waals surface area contributed by atoms with E-state index in [0.717, 1.165) is 48.6 Å². The van der Waals surface area contributed by atoms with E-state index in [9.17, 15) is 4.79 Å². The van der Waals surface area contributed by atoms with Crippen LogP contribution in [0.3, 0.4) is 0 Å². The van der Waals surface area contributed by atoms with Crippen molar-refractivity contribution in [2.45, 2.75) is 38.3 Å². The molecule has 4 nitrogen and oxygen atoms in total. The molecule has 1 unspecified atom stereocenters. The Hall–Kier alpha value is -1.26. The van der Waals surface area contributed by atoms with Crippen LogP contribution in [-0.2, 0) is 22.5 Å². The number of likely N-dealkylation sites (tertiary alicyclic amines) is 1. The molecule has 3 rings (SSSR count). The Balaban J connectivity index is 1.83. The van der Waals surface area contributed by atoms with Gasteiger partial charge in [0.1, 0.15) is 11.8 Å². The van der Waals surface area contributed by atoms with Gasteiger partial charge >= 0.3 is 5.97 Å². The Bertz CT molecular complexity index is 547. The minimum atomic E-state index is -0.153. The number of carbonyl (C=O) groups excluding carboxylic acids is 1. The Morgan fingerprint density at radius 1 is 1.48 bits per heavy atom. The average molecular weight is 310 g/mol. The zero-order valence-corrected chi connectivity index (χ0v) is 13.0. The molecular weight excluding hydrogens is 290 g/mol. The van der Waals surface area contributed by atoms with Gasteiger partial charge in [-0.15, -0.1) is 0 Å². The SMILES string of the molecule is COC(=O)C1CCCCN1Cc1cc(Cl)cc2c1OCC2. The lowest BCUT2D eigenvalue weighted by molar-refractivity contribution is -0.148. The molecule has 1 atom stereocenters. The number of rotatable bonds is 3. The highest BCUT2D eigenvalue weighted by Gasteiger charge is 2.30. The lowest BCUT2D eigenvalue weighted by Crippen LogP contribution is -2.44. The molecule has 1 fully saturated rings. The quantitative estimate of drug-likeness (QED) is 0.805. The van der Waals surface area contributed by atoms with E-state index in [1.165, 1.54) is 12.7 Å². The largest absolute Gasteiger partial charge is 0.493 e. The van der Waals surface area contributed by atoms with E-state index >= 15 is 0 Å². The molecule has 5 heteroatoms. The van der Waals surface area contributed by atoms with E-state index < -0.39 is 0 Å². The number of hydrogen-bond donors (Lipinski definition) is 0.